The molecule has 29 heavy (non-hydrogen) atoms. The van der Waals surface area contributed by atoms with Gasteiger partial charge in [0.15, 0.2) is 5.52 Å². The maximum absolute atomic E-state index is 12.5. The Morgan fingerprint density at radius 2 is 1.93 bits per heavy atom. The smallest absolute Gasteiger partial charge is 0.378 e. The van der Waals surface area contributed by atoms with Crippen molar-refractivity contribution in [3.8, 4) is 5.69 Å². The lowest BCUT2D eigenvalue weighted by Gasteiger charge is -2.01. The van der Waals surface area contributed by atoms with E-state index in [1.807, 2.05) is 76.9 Å². The number of aromatic nitrogens is 3. The van der Waals surface area contributed by atoms with Crippen LogP contribution in [0.25, 0.3) is 33.0 Å². The zero-order valence-corrected chi connectivity index (χ0v) is 17.3. The number of nitrogens with zero attached hydrogens (tertiary/aromatic N) is 2. The van der Waals surface area contributed by atoms with E-state index in [2.05, 4.69) is 4.98 Å². The molecular weight excluding hydrogens is 409 g/mol. The third-order valence-electron chi connectivity index (χ3n) is 5.14. The molecule has 0 unspecified atom stereocenters. The first kappa shape index (κ1) is 19.3. The highest BCUT2D eigenvalue weighted by molar-refractivity contribution is 6.30. The monoisotopic (exact) mass is 425 g/mol. The van der Waals surface area contributed by atoms with E-state index in [9.17, 15) is 4.79 Å². The highest BCUT2D eigenvalue weighted by Gasteiger charge is 2.24. The lowest BCUT2D eigenvalue weighted by Crippen LogP contribution is -3.00. The number of imidazole rings is 1. The number of esters is 1. The summed E-state index contributed by atoms with van der Waals surface area (Å²) in [5.74, 6) is -0.382. The number of H-pyrrole nitrogens is 1. The van der Waals surface area contributed by atoms with E-state index in [1.165, 1.54) is 7.11 Å². The van der Waals surface area contributed by atoms with Crippen LogP contribution < -0.4 is 17.0 Å². The molecule has 0 fully saturated rings. The van der Waals surface area contributed by atoms with Gasteiger partial charge in [-0.15, -0.1) is 0 Å². The van der Waals surface area contributed by atoms with E-state index in [0.717, 1.165) is 38.6 Å². The average molecular weight is 426 g/mol. The quantitative estimate of drug-likeness (QED) is 0.345. The predicted octanol–water partition coefficient (Wildman–Crippen LogP) is 1.60. The summed E-state index contributed by atoms with van der Waals surface area (Å²) in [5, 5.41) is 2.75. The van der Waals surface area contributed by atoms with Crippen LogP contribution in [0.1, 0.15) is 16.1 Å². The third kappa shape index (κ3) is 2.94. The number of halogens is 2. The SMILES string of the molecule is COC(=O)c1cc2c3ccccc3[nH]c2c2c[n+](-c3ccc(Cl)cc3C)cn12.[Cl-]. The number of carbonyl (C=O) groups excluding carboxylic acids is 1. The van der Waals surface area contributed by atoms with Gasteiger partial charge in [-0.2, -0.15) is 4.40 Å². The average Bonchev–Trinajstić information content (AvgIpc) is 3.28. The van der Waals surface area contributed by atoms with E-state index in [-0.39, 0.29) is 18.4 Å². The minimum atomic E-state index is -0.382. The van der Waals surface area contributed by atoms with Gasteiger partial charge < -0.3 is 22.1 Å². The summed E-state index contributed by atoms with van der Waals surface area (Å²) < 4.78 is 8.90. The van der Waals surface area contributed by atoms with Crippen molar-refractivity contribution >= 4 is 44.9 Å². The Bertz CT molecular complexity index is 1400. The molecule has 0 saturated heterocycles. The minimum absolute atomic E-state index is 0. The summed E-state index contributed by atoms with van der Waals surface area (Å²) >= 11 is 6.11. The van der Waals surface area contributed by atoms with E-state index < -0.39 is 0 Å². The van der Waals surface area contributed by atoms with Gasteiger partial charge in [0.25, 0.3) is 6.33 Å². The summed E-state index contributed by atoms with van der Waals surface area (Å²) in [6.07, 6.45) is 3.91. The summed E-state index contributed by atoms with van der Waals surface area (Å²) in [5.41, 5.74) is 5.40. The second-order valence-corrected chi connectivity index (χ2v) is 7.25. The molecular formula is C22H17Cl2N3O2. The number of nitrogens with one attached hydrogen (secondary N) is 1. The summed E-state index contributed by atoms with van der Waals surface area (Å²) in [6, 6.07) is 15.7. The van der Waals surface area contributed by atoms with E-state index in [1.54, 1.807) is 0 Å². The molecule has 1 N–H and O–H groups in total. The van der Waals surface area contributed by atoms with Crippen LogP contribution in [-0.4, -0.2) is 22.5 Å². The number of hydrogen-bond donors (Lipinski definition) is 1. The molecule has 0 amide bonds. The van der Waals surface area contributed by atoms with Gasteiger partial charge in [-0.05, 0) is 36.8 Å². The fourth-order valence-electron chi connectivity index (χ4n) is 3.81. The first-order valence-corrected chi connectivity index (χ1v) is 9.26. The topological polar surface area (TPSA) is 50.4 Å². The van der Waals surface area contributed by atoms with Gasteiger partial charge in [0.2, 0.25) is 5.69 Å². The van der Waals surface area contributed by atoms with Gasteiger partial charge >= 0.3 is 5.97 Å². The van der Waals surface area contributed by atoms with Crippen LogP contribution in [-0.2, 0) is 4.74 Å². The van der Waals surface area contributed by atoms with Gasteiger partial charge in [0.05, 0.1) is 12.6 Å². The number of methoxy groups -OCH3 is 1. The highest BCUT2D eigenvalue weighted by Crippen LogP contribution is 2.30. The molecule has 5 nitrogen and oxygen atoms in total. The van der Waals surface area contributed by atoms with Crippen LogP contribution in [0.15, 0.2) is 61.1 Å². The normalized spacial score (nSPS) is 11.1. The zero-order valence-electron chi connectivity index (χ0n) is 15.7. The standard InChI is InChI=1S/C22H16ClN3O2.ClH/c1-13-9-14(23)7-8-18(13)25-11-20-21-16(15-5-3-4-6-17(15)24-21)10-19(22(27)28-2)26(20)12-25;/h3-12H,1-2H3;1H. The Hall–Kier alpha value is -3.02. The van der Waals surface area contributed by atoms with Crippen LogP contribution >= 0.6 is 11.6 Å². The lowest BCUT2D eigenvalue weighted by atomic mass is 10.1. The fraction of sp³-hybridized carbons (Fsp3) is 0.0909. The number of rotatable bonds is 2. The Morgan fingerprint density at radius 1 is 1.14 bits per heavy atom. The molecule has 0 saturated carbocycles. The van der Waals surface area contributed by atoms with E-state index in [4.69, 9.17) is 16.3 Å². The van der Waals surface area contributed by atoms with E-state index in [0.29, 0.717) is 10.7 Å². The van der Waals surface area contributed by atoms with Gasteiger partial charge in [-0.3, -0.25) is 0 Å². The van der Waals surface area contributed by atoms with Crippen molar-refractivity contribution < 1.29 is 26.5 Å². The summed E-state index contributed by atoms with van der Waals surface area (Å²) in [7, 11) is 1.40. The largest absolute Gasteiger partial charge is 1.00 e. The Morgan fingerprint density at radius 3 is 2.69 bits per heavy atom. The second-order valence-electron chi connectivity index (χ2n) is 6.82. The number of carbonyl (C=O) groups is 1. The van der Waals surface area contributed by atoms with Gasteiger partial charge in [-0.25, -0.2) is 9.36 Å². The van der Waals surface area contributed by atoms with Crippen LogP contribution in [0.4, 0.5) is 0 Å². The number of para-hydroxylation sites is 1. The van der Waals surface area contributed by atoms with Crippen LogP contribution in [0.3, 0.4) is 0 Å². The van der Waals surface area contributed by atoms with Crippen LogP contribution in [0.2, 0.25) is 5.02 Å². The van der Waals surface area contributed by atoms with Crippen molar-refractivity contribution in [3.63, 3.8) is 0 Å². The Kier molecular flexibility index (Phi) is 4.73. The number of aromatic amines is 1. The molecule has 3 heterocycles. The molecule has 2 aromatic carbocycles. The van der Waals surface area contributed by atoms with Gasteiger partial charge in [-0.1, -0.05) is 29.8 Å². The number of benzene rings is 2. The molecule has 5 aromatic rings. The number of hydrogen-bond acceptors (Lipinski definition) is 2. The molecule has 146 valence electrons. The Labute approximate surface area is 177 Å². The van der Waals surface area contributed by atoms with Crippen LogP contribution in [0.5, 0.6) is 0 Å². The van der Waals surface area contributed by atoms with Crippen molar-refractivity contribution in [1.29, 1.82) is 0 Å². The molecule has 7 heteroatoms. The minimum Gasteiger partial charge on any atom is -1.00 e. The molecule has 5 rings (SSSR count). The fourth-order valence-corrected chi connectivity index (χ4v) is 4.04. The van der Waals surface area contributed by atoms with Gasteiger partial charge in [0.1, 0.15) is 11.9 Å². The highest BCUT2D eigenvalue weighted by atomic mass is 35.5. The third-order valence-corrected chi connectivity index (χ3v) is 5.37. The molecule has 0 atom stereocenters. The summed E-state index contributed by atoms with van der Waals surface area (Å²) in [6.45, 7) is 2.01. The molecule has 0 aliphatic rings. The maximum atomic E-state index is 12.5. The van der Waals surface area contributed by atoms with Crippen LogP contribution in [0, 0.1) is 6.92 Å². The van der Waals surface area contributed by atoms with Crippen molar-refractivity contribution in [2.24, 2.45) is 0 Å². The first-order chi connectivity index (χ1) is 13.6. The molecule has 0 spiro atoms. The molecule has 0 radical (unpaired) electrons. The lowest BCUT2D eigenvalue weighted by molar-refractivity contribution is -0.594. The Balaban J connectivity index is 0.00000205. The van der Waals surface area contributed by atoms with Crippen molar-refractivity contribution in [3.05, 3.63) is 77.3 Å². The van der Waals surface area contributed by atoms with Gasteiger partial charge in [0, 0.05) is 27.4 Å². The molecule has 0 aliphatic heterocycles. The van der Waals surface area contributed by atoms with E-state index >= 15 is 0 Å². The van der Waals surface area contributed by atoms with Crippen molar-refractivity contribution in [2.45, 2.75) is 6.92 Å². The zero-order chi connectivity index (χ0) is 19.4. The molecule has 0 bridgehead atoms. The van der Waals surface area contributed by atoms with Crippen molar-refractivity contribution in [1.82, 2.24) is 9.38 Å². The second kappa shape index (κ2) is 7.10. The number of fused-ring (bicyclic) bond motifs is 5. The number of ether oxygens (including phenoxy) is 1. The molecule has 0 aliphatic carbocycles. The maximum Gasteiger partial charge on any atom is 0.378 e. The molecule has 3 aromatic heterocycles. The number of aryl methyl sites for hydroxylation is 1. The van der Waals surface area contributed by atoms with Crippen molar-refractivity contribution in [2.75, 3.05) is 7.11 Å². The predicted molar refractivity (Wildman–Crippen MR) is 109 cm³/mol. The first-order valence-electron chi connectivity index (χ1n) is 8.88. The number of pyridine rings is 1. The summed E-state index contributed by atoms with van der Waals surface area (Å²) in [4.78, 5) is 16.0.